The van der Waals surface area contributed by atoms with Crippen LogP contribution in [0.5, 0.6) is 0 Å². The van der Waals surface area contributed by atoms with Gasteiger partial charge in [-0.1, -0.05) is 146 Å². The van der Waals surface area contributed by atoms with E-state index >= 15 is 0 Å². The number of hydrogen-bond acceptors (Lipinski definition) is 3. The maximum Gasteiger partial charge on any atom is 0.166 e. The molecule has 0 N–H and O–H groups in total. The topological polar surface area (TPSA) is 43.6 Å². The van der Waals surface area contributed by atoms with Crippen LogP contribution in [0.25, 0.3) is 116 Å². The van der Waals surface area contributed by atoms with Crippen molar-refractivity contribution in [3.05, 3.63) is 170 Å². The summed E-state index contributed by atoms with van der Waals surface area (Å²) in [5.74, 6) is 1.92. The van der Waals surface area contributed by atoms with Crippen molar-refractivity contribution in [1.82, 2.24) is 19.5 Å². The molecule has 0 spiro atoms. The van der Waals surface area contributed by atoms with E-state index in [2.05, 4.69) is 138 Å². The van der Waals surface area contributed by atoms with E-state index in [4.69, 9.17) is 15.0 Å². The van der Waals surface area contributed by atoms with E-state index in [-0.39, 0.29) is 0 Å². The molecule has 0 amide bonds. The zero-order valence-electron chi connectivity index (χ0n) is 28.5. The Hall–Kier alpha value is -7.17. The van der Waals surface area contributed by atoms with E-state index in [1.165, 1.54) is 54.2 Å². The van der Waals surface area contributed by atoms with Crippen LogP contribution < -0.4 is 0 Å². The predicted octanol–water partition coefficient (Wildman–Crippen LogP) is 12.6. The normalized spacial score (nSPS) is 12.2. The van der Waals surface area contributed by atoms with E-state index in [1.807, 2.05) is 36.4 Å². The molecule has 2 aromatic heterocycles. The van der Waals surface area contributed by atoms with Crippen LogP contribution in [0, 0.1) is 0 Å². The van der Waals surface area contributed by atoms with Crippen LogP contribution in [0.2, 0.25) is 0 Å². The minimum atomic E-state index is 0.634. The number of aromatic nitrogens is 4. The van der Waals surface area contributed by atoms with Gasteiger partial charge in [0.2, 0.25) is 0 Å². The van der Waals surface area contributed by atoms with E-state index in [0.29, 0.717) is 17.5 Å². The van der Waals surface area contributed by atoms with Gasteiger partial charge in [0, 0.05) is 32.8 Å². The highest BCUT2D eigenvalue weighted by molar-refractivity contribution is 6.38. The summed E-state index contributed by atoms with van der Waals surface area (Å²) in [5, 5.41) is 12.6. The number of fused-ring (bicyclic) bond motifs is 2. The second-order valence-electron chi connectivity index (χ2n) is 14.0. The summed E-state index contributed by atoms with van der Waals surface area (Å²) in [4.78, 5) is 15.5. The quantitative estimate of drug-likeness (QED) is 0.175. The summed E-state index contributed by atoms with van der Waals surface area (Å²) in [6.45, 7) is 0. The molecule has 244 valence electrons. The highest BCUT2D eigenvalue weighted by atomic mass is 15.1. The molecule has 0 saturated carbocycles. The van der Waals surface area contributed by atoms with Gasteiger partial charge in [-0.05, 0) is 73.1 Å². The van der Waals surface area contributed by atoms with Gasteiger partial charge < -0.3 is 4.57 Å². The molecule has 9 aromatic carbocycles. The average Bonchev–Trinajstić information content (AvgIpc) is 3.50. The first-order valence-electron chi connectivity index (χ1n) is 18.0. The van der Waals surface area contributed by atoms with Crippen LogP contribution in [0.1, 0.15) is 0 Å². The summed E-state index contributed by atoms with van der Waals surface area (Å²) in [7, 11) is 0. The van der Waals surface area contributed by atoms with Crippen molar-refractivity contribution in [1.29, 1.82) is 0 Å². The fourth-order valence-electron chi connectivity index (χ4n) is 8.79. The molecule has 0 fully saturated rings. The molecule has 0 saturated heterocycles. The Labute approximate surface area is 304 Å². The van der Waals surface area contributed by atoms with Crippen LogP contribution in [0.3, 0.4) is 0 Å². The minimum absolute atomic E-state index is 0.634. The highest BCUT2D eigenvalue weighted by Gasteiger charge is 2.26. The third-order valence-electron chi connectivity index (χ3n) is 11.1. The van der Waals surface area contributed by atoms with Crippen LogP contribution >= 0.6 is 0 Å². The van der Waals surface area contributed by atoms with Gasteiger partial charge in [-0.2, -0.15) is 0 Å². The molecule has 2 heterocycles. The van der Waals surface area contributed by atoms with Gasteiger partial charge >= 0.3 is 0 Å². The van der Waals surface area contributed by atoms with Gasteiger partial charge in [0.15, 0.2) is 17.5 Å². The lowest BCUT2D eigenvalue weighted by Gasteiger charge is -2.17. The first-order valence-corrected chi connectivity index (χ1v) is 18.0. The molecule has 1 aliphatic rings. The molecular formula is C49H28N4. The first-order chi connectivity index (χ1) is 26.3. The Balaban J connectivity index is 1.25. The molecule has 4 heteroatoms. The van der Waals surface area contributed by atoms with Crippen molar-refractivity contribution in [2.75, 3.05) is 0 Å². The number of hydrogen-bond donors (Lipinski definition) is 0. The molecule has 11 aromatic rings. The number of nitrogens with zero attached hydrogens (tertiary/aromatic N) is 4. The lowest BCUT2D eigenvalue weighted by Crippen LogP contribution is -2.04. The lowest BCUT2D eigenvalue weighted by molar-refractivity contribution is 1.07. The van der Waals surface area contributed by atoms with Crippen molar-refractivity contribution in [3.63, 3.8) is 0 Å². The van der Waals surface area contributed by atoms with Crippen molar-refractivity contribution in [2.45, 2.75) is 0 Å². The van der Waals surface area contributed by atoms with Crippen molar-refractivity contribution in [3.8, 4) is 51.0 Å². The van der Waals surface area contributed by atoms with E-state index in [0.717, 1.165) is 44.2 Å². The first kappa shape index (κ1) is 28.5. The molecule has 4 nitrogen and oxygen atoms in total. The average molecular weight is 673 g/mol. The zero-order valence-corrected chi connectivity index (χ0v) is 28.5. The van der Waals surface area contributed by atoms with Gasteiger partial charge in [0.05, 0.1) is 16.7 Å². The largest absolute Gasteiger partial charge is 0.308 e. The Morgan fingerprint density at radius 3 is 1.47 bits per heavy atom. The van der Waals surface area contributed by atoms with E-state index in [9.17, 15) is 0 Å². The Morgan fingerprint density at radius 2 is 0.792 bits per heavy atom. The molecule has 1 aliphatic carbocycles. The molecule has 0 bridgehead atoms. The van der Waals surface area contributed by atoms with E-state index in [1.54, 1.807) is 0 Å². The van der Waals surface area contributed by atoms with Crippen LogP contribution in [-0.2, 0) is 0 Å². The molecular weight excluding hydrogens is 645 g/mol. The van der Waals surface area contributed by atoms with Crippen molar-refractivity contribution >= 4 is 64.9 Å². The standard InChI is InChI=1S/C49H28N4/c1-3-11-32(12-4-1)47-50-48(33-13-5-2-6-14-33)52-49(51-47)38-27-34-15-7-8-16-35(34)28-41(38)53-39-20-10-19-37-36-18-9-17-29-21-22-30-23-24-31-25-26-40(53)46(45(37)39)44(31)43(30)42(29)36/h1-28H. The summed E-state index contributed by atoms with van der Waals surface area (Å²) in [6, 6.07) is 60.8. The van der Waals surface area contributed by atoms with Gasteiger partial charge in [-0.15, -0.1) is 0 Å². The summed E-state index contributed by atoms with van der Waals surface area (Å²) in [6.07, 6.45) is 0. The van der Waals surface area contributed by atoms with Crippen LogP contribution in [0.4, 0.5) is 0 Å². The fraction of sp³-hybridized carbons (Fsp3) is 0. The molecule has 53 heavy (non-hydrogen) atoms. The fourth-order valence-corrected chi connectivity index (χ4v) is 8.79. The summed E-state index contributed by atoms with van der Waals surface area (Å²) >= 11 is 0. The smallest absolute Gasteiger partial charge is 0.166 e. The maximum atomic E-state index is 5.25. The van der Waals surface area contributed by atoms with Gasteiger partial charge in [-0.25, -0.2) is 15.0 Å². The second kappa shape index (κ2) is 10.7. The lowest BCUT2D eigenvalue weighted by atomic mass is 9.93. The van der Waals surface area contributed by atoms with E-state index < -0.39 is 0 Å². The van der Waals surface area contributed by atoms with Gasteiger partial charge in [0.25, 0.3) is 0 Å². The SMILES string of the molecule is c1ccc(-c2nc(-c3ccccc3)nc(-c3cc4ccccc4cc3-n3c4cccc5c4c4c6c(ccc7ccc8cccc-5c8c76)ccc43)n2)cc1. The third kappa shape index (κ3) is 4.03. The molecule has 0 unspecified atom stereocenters. The molecule has 0 atom stereocenters. The highest BCUT2D eigenvalue weighted by Crippen LogP contribution is 2.50. The Bertz CT molecular complexity index is 3260. The van der Waals surface area contributed by atoms with Gasteiger partial charge in [-0.3, -0.25) is 0 Å². The predicted molar refractivity (Wildman–Crippen MR) is 219 cm³/mol. The Kier molecular flexibility index (Phi) is 5.74. The maximum absolute atomic E-state index is 5.25. The summed E-state index contributed by atoms with van der Waals surface area (Å²) < 4.78 is 2.45. The molecule has 0 aliphatic heterocycles. The van der Waals surface area contributed by atoms with Crippen LogP contribution in [-0.4, -0.2) is 19.5 Å². The van der Waals surface area contributed by atoms with Crippen molar-refractivity contribution in [2.24, 2.45) is 0 Å². The molecule has 12 rings (SSSR count). The third-order valence-corrected chi connectivity index (χ3v) is 11.1. The number of rotatable bonds is 4. The van der Waals surface area contributed by atoms with Crippen LogP contribution in [0.15, 0.2) is 170 Å². The molecule has 0 radical (unpaired) electrons. The summed E-state index contributed by atoms with van der Waals surface area (Å²) in [5.41, 5.74) is 8.72. The van der Waals surface area contributed by atoms with Crippen molar-refractivity contribution < 1.29 is 0 Å². The minimum Gasteiger partial charge on any atom is -0.308 e. The van der Waals surface area contributed by atoms with Gasteiger partial charge in [0.1, 0.15) is 0 Å². The second-order valence-corrected chi connectivity index (χ2v) is 14.0. The zero-order chi connectivity index (χ0) is 34.6. The Morgan fingerprint density at radius 1 is 0.302 bits per heavy atom. The monoisotopic (exact) mass is 672 g/mol. The number of benzene rings is 9.